The van der Waals surface area contributed by atoms with Gasteiger partial charge in [0.05, 0.1) is 0 Å². The zero-order valence-electron chi connectivity index (χ0n) is 12.0. The number of carbonyl (C=O) groups excluding carboxylic acids is 1. The average Bonchev–Trinajstić information content (AvgIpc) is 2.65. The molecule has 1 fully saturated rings. The zero-order valence-corrected chi connectivity index (χ0v) is 13.6. The molecule has 2 rings (SSSR count). The fraction of sp³-hybridized carbons (Fsp3) is 0.588. The number of aryl methyl sites for hydroxylation is 1. The van der Waals surface area contributed by atoms with E-state index in [1.807, 2.05) is 6.07 Å². The Labute approximate surface area is 130 Å². The predicted octanol–water partition coefficient (Wildman–Crippen LogP) is 4.22. The minimum absolute atomic E-state index is 0.206. The first-order valence-electron chi connectivity index (χ1n) is 7.73. The van der Waals surface area contributed by atoms with E-state index in [9.17, 15) is 4.79 Å². The molecule has 1 N–H and O–H groups in total. The second-order valence-electron chi connectivity index (χ2n) is 5.67. The highest BCUT2D eigenvalue weighted by Gasteiger charge is 2.22. The molecular formula is C17H24BrNO. The van der Waals surface area contributed by atoms with Crippen LogP contribution in [0.3, 0.4) is 0 Å². The zero-order chi connectivity index (χ0) is 14.2. The van der Waals surface area contributed by atoms with Crippen LogP contribution in [0.15, 0.2) is 30.3 Å². The molecule has 3 heteroatoms. The standard InChI is InChI=1S/C17H24BrNO/c18-15-11-5-2-6-12-16(15)19-17(20)13-7-10-14-8-3-1-4-9-14/h1,3-4,8-9,15-16H,2,5-7,10-13H2,(H,19,20). The summed E-state index contributed by atoms with van der Waals surface area (Å²) in [6.07, 6.45) is 8.63. The molecule has 0 radical (unpaired) electrons. The number of hydrogen-bond acceptors (Lipinski definition) is 1. The summed E-state index contributed by atoms with van der Waals surface area (Å²) in [7, 11) is 0. The number of hydrogen-bond donors (Lipinski definition) is 1. The number of carbonyl (C=O) groups is 1. The molecule has 0 saturated heterocycles. The fourth-order valence-electron chi connectivity index (χ4n) is 2.80. The lowest BCUT2D eigenvalue weighted by molar-refractivity contribution is -0.121. The van der Waals surface area contributed by atoms with Gasteiger partial charge in [-0.15, -0.1) is 0 Å². The predicted molar refractivity (Wildman–Crippen MR) is 87.1 cm³/mol. The van der Waals surface area contributed by atoms with Gasteiger partial charge in [-0.05, 0) is 31.2 Å². The highest BCUT2D eigenvalue weighted by atomic mass is 79.9. The normalized spacial score (nSPS) is 23.1. The molecule has 2 atom stereocenters. The van der Waals surface area contributed by atoms with Crippen molar-refractivity contribution >= 4 is 21.8 Å². The van der Waals surface area contributed by atoms with Crippen molar-refractivity contribution in [1.82, 2.24) is 5.32 Å². The van der Waals surface area contributed by atoms with E-state index in [2.05, 4.69) is 45.5 Å². The van der Waals surface area contributed by atoms with Crippen LogP contribution in [0.25, 0.3) is 0 Å². The molecule has 1 amide bonds. The molecule has 110 valence electrons. The Balaban J connectivity index is 1.69. The Morgan fingerprint density at radius 1 is 1.15 bits per heavy atom. The van der Waals surface area contributed by atoms with Gasteiger partial charge in [0.15, 0.2) is 0 Å². The number of rotatable bonds is 5. The van der Waals surface area contributed by atoms with Crippen molar-refractivity contribution in [3.8, 4) is 0 Å². The quantitative estimate of drug-likeness (QED) is 0.632. The summed E-state index contributed by atoms with van der Waals surface area (Å²) in [6.45, 7) is 0. The highest BCUT2D eigenvalue weighted by molar-refractivity contribution is 9.09. The molecule has 1 aliphatic rings. The maximum Gasteiger partial charge on any atom is 0.220 e. The lowest BCUT2D eigenvalue weighted by Crippen LogP contribution is -2.40. The van der Waals surface area contributed by atoms with Gasteiger partial charge in [-0.25, -0.2) is 0 Å². The molecule has 0 aromatic heterocycles. The van der Waals surface area contributed by atoms with Crippen LogP contribution >= 0.6 is 15.9 Å². The van der Waals surface area contributed by atoms with E-state index in [0.29, 0.717) is 17.3 Å². The molecule has 1 aliphatic carbocycles. The summed E-state index contributed by atoms with van der Waals surface area (Å²) < 4.78 is 0. The fourth-order valence-corrected chi connectivity index (χ4v) is 3.52. The van der Waals surface area contributed by atoms with Gasteiger partial charge in [-0.1, -0.05) is 65.5 Å². The van der Waals surface area contributed by atoms with Crippen molar-refractivity contribution in [1.29, 1.82) is 0 Å². The molecular weight excluding hydrogens is 314 g/mol. The second-order valence-corrected chi connectivity index (χ2v) is 6.84. The summed E-state index contributed by atoms with van der Waals surface area (Å²) in [5.74, 6) is 0.206. The Bertz CT molecular complexity index is 407. The van der Waals surface area contributed by atoms with E-state index in [1.165, 1.54) is 31.2 Å². The van der Waals surface area contributed by atoms with Crippen LogP contribution in [0.4, 0.5) is 0 Å². The molecule has 20 heavy (non-hydrogen) atoms. The van der Waals surface area contributed by atoms with Crippen LogP contribution < -0.4 is 5.32 Å². The third-order valence-electron chi connectivity index (χ3n) is 3.99. The molecule has 0 spiro atoms. The number of nitrogens with one attached hydrogen (secondary N) is 1. The molecule has 1 saturated carbocycles. The summed E-state index contributed by atoms with van der Waals surface area (Å²) in [6, 6.07) is 10.7. The van der Waals surface area contributed by atoms with E-state index in [-0.39, 0.29) is 5.91 Å². The van der Waals surface area contributed by atoms with Crippen molar-refractivity contribution in [3.63, 3.8) is 0 Å². The van der Waals surface area contributed by atoms with Gasteiger partial charge >= 0.3 is 0 Å². The first-order valence-corrected chi connectivity index (χ1v) is 8.64. The summed E-state index contributed by atoms with van der Waals surface area (Å²) in [5.41, 5.74) is 1.31. The van der Waals surface area contributed by atoms with Crippen molar-refractivity contribution in [2.24, 2.45) is 0 Å². The van der Waals surface area contributed by atoms with Gasteiger partial charge < -0.3 is 5.32 Å². The Morgan fingerprint density at radius 2 is 1.90 bits per heavy atom. The van der Waals surface area contributed by atoms with Crippen molar-refractivity contribution < 1.29 is 4.79 Å². The van der Waals surface area contributed by atoms with Gasteiger partial charge in [0.25, 0.3) is 0 Å². The van der Waals surface area contributed by atoms with Gasteiger partial charge in [-0.3, -0.25) is 4.79 Å². The second kappa shape index (κ2) is 8.46. The smallest absolute Gasteiger partial charge is 0.220 e. The Morgan fingerprint density at radius 3 is 2.70 bits per heavy atom. The van der Waals surface area contributed by atoms with E-state index >= 15 is 0 Å². The van der Waals surface area contributed by atoms with Crippen molar-refractivity contribution in [2.45, 2.75) is 62.2 Å². The molecule has 0 heterocycles. The van der Waals surface area contributed by atoms with E-state index in [4.69, 9.17) is 0 Å². The monoisotopic (exact) mass is 337 g/mol. The van der Waals surface area contributed by atoms with Crippen LogP contribution in [0.1, 0.15) is 50.5 Å². The number of halogens is 1. The Hall–Kier alpha value is -0.830. The lowest BCUT2D eigenvalue weighted by atomic mass is 10.1. The van der Waals surface area contributed by atoms with Crippen LogP contribution in [-0.4, -0.2) is 16.8 Å². The van der Waals surface area contributed by atoms with E-state index in [1.54, 1.807) is 0 Å². The lowest BCUT2D eigenvalue weighted by Gasteiger charge is -2.21. The molecule has 0 bridgehead atoms. The first-order chi connectivity index (χ1) is 9.75. The Kier molecular flexibility index (Phi) is 6.58. The molecule has 2 nitrogen and oxygen atoms in total. The largest absolute Gasteiger partial charge is 0.352 e. The molecule has 2 unspecified atom stereocenters. The molecule has 0 aliphatic heterocycles. The number of amides is 1. The van der Waals surface area contributed by atoms with Crippen molar-refractivity contribution in [3.05, 3.63) is 35.9 Å². The average molecular weight is 338 g/mol. The minimum atomic E-state index is 0.206. The van der Waals surface area contributed by atoms with E-state index < -0.39 is 0 Å². The van der Waals surface area contributed by atoms with Gasteiger partial charge in [0.2, 0.25) is 5.91 Å². The third kappa shape index (κ3) is 5.28. The number of alkyl halides is 1. The van der Waals surface area contributed by atoms with Crippen LogP contribution in [0.2, 0.25) is 0 Å². The number of benzene rings is 1. The molecule has 1 aromatic rings. The maximum atomic E-state index is 12.0. The van der Waals surface area contributed by atoms with Crippen LogP contribution in [-0.2, 0) is 11.2 Å². The van der Waals surface area contributed by atoms with Gasteiger partial charge in [0.1, 0.15) is 0 Å². The van der Waals surface area contributed by atoms with Crippen molar-refractivity contribution in [2.75, 3.05) is 0 Å². The minimum Gasteiger partial charge on any atom is -0.352 e. The van der Waals surface area contributed by atoms with Crippen LogP contribution in [0, 0.1) is 0 Å². The van der Waals surface area contributed by atoms with Crippen LogP contribution in [0.5, 0.6) is 0 Å². The third-order valence-corrected chi connectivity index (χ3v) is 5.09. The van der Waals surface area contributed by atoms with Gasteiger partial charge in [0, 0.05) is 17.3 Å². The highest BCUT2D eigenvalue weighted by Crippen LogP contribution is 2.23. The first kappa shape index (κ1) is 15.6. The SMILES string of the molecule is O=C(CCCc1ccccc1)NC1CCCCCC1Br. The molecule has 1 aromatic carbocycles. The summed E-state index contributed by atoms with van der Waals surface area (Å²) >= 11 is 3.72. The summed E-state index contributed by atoms with van der Waals surface area (Å²) in [4.78, 5) is 12.5. The topological polar surface area (TPSA) is 29.1 Å². The van der Waals surface area contributed by atoms with E-state index in [0.717, 1.165) is 19.3 Å². The maximum absolute atomic E-state index is 12.0. The summed E-state index contributed by atoms with van der Waals surface area (Å²) in [5, 5.41) is 3.21. The van der Waals surface area contributed by atoms with Gasteiger partial charge in [-0.2, -0.15) is 0 Å².